The van der Waals surface area contributed by atoms with Crippen LogP contribution >= 0.6 is 0 Å². The summed E-state index contributed by atoms with van der Waals surface area (Å²) < 4.78 is 33.8. The molecule has 1 aliphatic rings. The number of carboxylic acids is 1. The Morgan fingerprint density at radius 3 is 2.34 bits per heavy atom. The molecule has 3 rings (SSSR count). The number of hydrogen-bond donors (Lipinski definition) is 2. The molecule has 172 valence electrons. The van der Waals surface area contributed by atoms with Gasteiger partial charge in [0.2, 0.25) is 0 Å². The third-order valence-electron chi connectivity index (χ3n) is 5.25. The van der Waals surface area contributed by atoms with E-state index >= 15 is 0 Å². The molecule has 1 fully saturated rings. The second-order valence-electron chi connectivity index (χ2n) is 7.58. The number of carboxylic acid groups (broad SMARTS) is 1. The lowest BCUT2D eigenvalue weighted by Crippen LogP contribution is -2.49. The van der Waals surface area contributed by atoms with Gasteiger partial charge in [-0.25, -0.2) is 18.0 Å². The fourth-order valence-corrected chi connectivity index (χ4v) is 4.96. The fourth-order valence-electron chi connectivity index (χ4n) is 3.67. The number of rotatable bonds is 6. The minimum Gasteiger partial charge on any atom is -0.478 e. The highest BCUT2D eigenvalue weighted by molar-refractivity contribution is 7.92. The predicted molar refractivity (Wildman–Crippen MR) is 121 cm³/mol. The first-order chi connectivity index (χ1) is 15.1. The van der Waals surface area contributed by atoms with Crippen molar-refractivity contribution < 1.29 is 27.9 Å². The summed E-state index contributed by atoms with van der Waals surface area (Å²) in [5.41, 5.74) is 2.23. The maximum Gasteiger partial charge on any atom is 0.409 e. The van der Waals surface area contributed by atoms with Crippen LogP contribution in [0.1, 0.15) is 28.4 Å². The minimum absolute atomic E-state index is 0.0303. The van der Waals surface area contributed by atoms with Crippen LogP contribution < -0.4 is 9.62 Å². The second kappa shape index (κ2) is 9.47. The van der Waals surface area contributed by atoms with Crippen LogP contribution in [0.25, 0.3) is 0 Å². The molecule has 0 radical (unpaired) electrons. The standard InChI is InChI=1S/C22H27N3O6S/c1-4-31-22(28)25-11-9-24(10-12-25)19-7-6-17(21(26)27)14-18(19)23-32(29,30)20-8-5-15(2)13-16(20)3/h5-8,13-14,23H,4,9-12H2,1-3H3,(H,26,27). The third kappa shape index (κ3) is 5.13. The Bertz CT molecular complexity index is 1120. The van der Waals surface area contributed by atoms with E-state index in [0.29, 0.717) is 44.0 Å². The number of piperazine rings is 1. The maximum absolute atomic E-state index is 13.1. The molecule has 1 aliphatic heterocycles. The third-order valence-corrected chi connectivity index (χ3v) is 6.78. The van der Waals surface area contributed by atoms with Crippen molar-refractivity contribution in [3.05, 3.63) is 53.1 Å². The van der Waals surface area contributed by atoms with E-state index in [1.807, 2.05) is 11.8 Å². The molecule has 32 heavy (non-hydrogen) atoms. The molecule has 1 amide bonds. The number of aromatic carboxylic acids is 1. The van der Waals surface area contributed by atoms with Crippen LogP contribution in [0.2, 0.25) is 0 Å². The first kappa shape index (κ1) is 23.4. The summed E-state index contributed by atoms with van der Waals surface area (Å²) in [6, 6.07) is 9.36. The Hall–Kier alpha value is -3.27. The van der Waals surface area contributed by atoms with Crippen molar-refractivity contribution in [2.45, 2.75) is 25.7 Å². The molecule has 0 atom stereocenters. The zero-order valence-corrected chi connectivity index (χ0v) is 19.1. The molecule has 1 heterocycles. The van der Waals surface area contributed by atoms with Crippen molar-refractivity contribution in [3.8, 4) is 0 Å². The second-order valence-corrected chi connectivity index (χ2v) is 9.24. The molecule has 0 unspecified atom stereocenters. The lowest BCUT2D eigenvalue weighted by atomic mass is 10.1. The number of nitrogens with one attached hydrogen (secondary N) is 1. The number of aryl methyl sites for hydroxylation is 2. The van der Waals surface area contributed by atoms with Gasteiger partial charge in [-0.3, -0.25) is 4.72 Å². The van der Waals surface area contributed by atoms with E-state index in [0.717, 1.165) is 5.56 Å². The number of carbonyl (C=O) groups is 2. The van der Waals surface area contributed by atoms with Gasteiger partial charge < -0.3 is 19.6 Å². The molecule has 2 N–H and O–H groups in total. The van der Waals surface area contributed by atoms with E-state index in [2.05, 4.69) is 4.72 Å². The Kier molecular flexibility index (Phi) is 6.93. The molecule has 0 saturated carbocycles. The fraction of sp³-hybridized carbons (Fsp3) is 0.364. The van der Waals surface area contributed by atoms with Crippen molar-refractivity contribution in [3.63, 3.8) is 0 Å². The van der Waals surface area contributed by atoms with Crippen molar-refractivity contribution in [2.24, 2.45) is 0 Å². The number of amides is 1. The molecule has 0 spiro atoms. The highest BCUT2D eigenvalue weighted by atomic mass is 32.2. The summed E-state index contributed by atoms with van der Waals surface area (Å²) in [5, 5.41) is 9.40. The van der Waals surface area contributed by atoms with Crippen molar-refractivity contribution >= 4 is 33.5 Å². The monoisotopic (exact) mass is 461 g/mol. The smallest absolute Gasteiger partial charge is 0.409 e. The maximum atomic E-state index is 13.1. The molecule has 0 aromatic heterocycles. The first-order valence-electron chi connectivity index (χ1n) is 10.3. The lowest BCUT2D eigenvalue weighted by Gasteiger charge is -2.36. The highest BCUT2D eigenvalue weighted by Gasteiger charge is 2.26. The van der Waals surface area contributed by atoms with Gasteiger partial charge in [0.05, 0.1) is 28.4 Å². The van der Waals surface area contributed by atoms with E-state index in [9.17, 15) is 23.1 Å². The van der Waals surface area contributed by atoms with Crippen LogP contribution in [0.3, 0.4) is 0 Å². The number of benzene rings is 2. The first-order valence-corrected chi connectivity index (χ1v) is 11.7. The Balaban J connectivity index is 1.91. The zero-order chi connectivity index (χ0) is 23.5. The minimum atomic E-state index is -3.95. The van der Waals surface area contributed by atoms with Gasteiger partial charge in [-0.15, -0.1) is 0 Å². The Morgan fingerprint density at radius 1 is 1.06 bits per heavy atom. The number of carbonyl (C=O) groups excluding carboxylic acids is 1. The van der Waals surface area contributed by atoms with Crippen LogP contribution in [-0.4, -0.2) is 63.3 Å². The van der Waals surface area contributed by atoms with Gasteiger partial charge >= 0.3 is 12.1 Å². The molecule has 2 aromatic carbocycles. The number of ether oxygens (including phenoxy) is 1. The van der Waals surface area contributed by atoms with Crippen LogP contribution in [0.5, 0.6) is 0 Å². The average molecular weight is 462 g/mol. The number of sulfonamides is 1. The van der Waals surface area contributed by atoms with Crippen LogP contribution in [0, 0.1) is 13.8 Å². The normalized spacial score (nSPS) is 14.2. The molecule has 1 saturated heterocycles. The topological polar surface area (TPSA) is 116 Å². The Labute approximate surface area is 187 Å². The molecule has 2 aromatic rings. The quantitative estimate of drug-likeness (QED) is 0.679. The van der Waals surface area contributed by atoms with E-state index in [1.54, 1.807) is 36.9 Å². The van der Waals surface area contributed by atoms with Gasteiger partial charge in [0.1, 0.15) is 0 Å². The van der Waals surface area contributed by atoms with Crippen LogP contribution in [0.15, 0.2) is 41.3 Å². The van der Waals surface area contributed by atoms with Gasteiger partial charge in [0.25, 0.3) is 10.0 Å². The summed E-state index contributed by atoms with van der Waals surface area (Å²) in [7, 11) is -3.95. The molecular weight excluding hydrogens is 434 g/mol. The van der Waals surface area contributed by atoms with Gasteiger partial charge in [0, 0.05) is 26.2 Å². The zero-order valence-electron chi connectivity index (χ0n) is 18.3. The van der Waals surface area contributed by atoms with E-state index < -0.39 is 16.0 Å². The number of nitrogens with zero attached hydrogens (tertiary/aromatic N) is 2. The van der Waals surface area contributed by atoms with Crippen LogP contribution in [0.4, 0.5) is 16.2 Å². The van der Waals surface area contributed by atoms with Crippen LogP contribution in [-0.2, 0) is 14.8 Å². The predicted octanol–water partition coefficient (Wildman–Crippen LogP) is 3.08. The van der Waals surface area contributed by atoms with E-state index in [4.69, 9.17) is 4.74 Å². The van der Waals surface area contributed by atoms with Crippen molar-refractivity contribution in [1.82, 2.24) is 4.90 Å². The molecular formula is C22H27N3O6S. The number of anilines is 2. The summed E-state index contributed by atoms with van der Waals surface area (Å²) in [4.78, 5) is 27.1. The summed E-state index contributed by atoms with van der Waals surface area (Å²) >= 11 is 0. The summed E-state index contributed by atoms with van der Waals surface area (Å²) in [6.07, 6.45) is -0.385. The molecule has 10 heteroatoms. The SMILES string of the molecule is CCOC(=O)N1CCN(c2ccc(C(=O)O)cc2NS(=O)(=O)c2ccc(C)cc2C)CC1. The molecule has 0 aliphatic carbocycles. The van der Waals surface area contributed by atoms with Gasteiger partial charge in [0.15, 0.2) is 0 Å². The van der Waals surface area contributed by atoms with Crippen molar-refractivity contribution in [1.29, 1.82) is 0 Å². The summed E-state index contributed by atoms with van der Waals surface area (Å²) in [6.45, 7) is 7.33. The Morgan fingerprint density at radius 2 is 1.75 bits per heavy atom. The molecule has 0 bridgehead atoms. The lowest BCUT2D eigenvalue weighted by molar-refractivity contribution is 0.0696. The largest absolute Gasteiger partial charge is 0.478 e. The van der Waals surface area contributed by atoms with E-state index in [-0.39, 0.29) is 22.2 Å². The highest BCUT2D eigenvalue weighted by Crippen LogP contribution is 2.31. The average Bonchev–Trinajstić information content (AvgIpc) is 2.73. The van der Waals surface area contributed by atoms with E-state index in [1.165, 1.54) is 18.2 Å². The van der Waals surface area contributed by atoms with Gasteiger partial charge in [-0.2, -0.15) is 0 Å². The molecule has 9 nitrogen and oxygen atoms in total. The van der Waals surface area contributed by atoms with Gasteiger partial charge in [-0.1, -0.05) is 17.7 Å². The summed E-state index contributed by atoms with van der Waals surface area (Å²) in [5.74, 6) is -1.16. The van der Waals surface area contributed by atoms with Crippen molar-refractivity contribution in [2.75, 3.05) is 42.4 Å². The van der Waals surface area contributed by atoms with Gasteiger partial charge in [-0.05, 0) is 50.6 Å². The number of hydrogen-bond acceptors (Lipinski definition) is 6.